The van der Waals surface area contributed by atoms with E-state index in [1.54, 1.807) is 6.20 Å². The largest absolute Gasteiger partial charge is 0.383 e. The summed E-state index contributed by atoms with van der Waals surface area (Å²) < 4.78 is 0. The van der Waals surface area contributed by atoms with Crippen LogP contribution in [0.1, 0.15) is 36.5 Å². The van der Waals surface area contributed by atoms with Crippen LogP contribution in [0.25, 0.3) is 10.8 Å². The molecule has 3 N–H and O–H groups in total. The van der Waals surface area contributed by atoms with Gasteiger partial charge in [-0.1, -0.05) is 37.6 Å². The summed E-state index contributed by atoms with van der Waals surface area (Å²) in [6, 6.07) is 7.63. The zero-order valence-electron chi connectivity index (χ0n) is 12.3. The molecule has 3 rings (SSSR count). The highest BCUT2D eigenvalue weighted by Gasteiger charge is 2.22. The summed E-state index contributed by atoms with van der Waals surface area (Å²) in [4.78, 5) is 16.6. The fourth-order valence-electron chi connectivity index (χ4n) is 3.24. The molecule has 110 valence electrons. The van der Waals surface area contributed by atoms with Crippen LogP contribution in [0.4, 0.5) is 5.82 Å². The van der Waals surface area contributed by atoms with Gasteiger partial charge in [-0.05, 0) is 30.1 Å². The minimum absolute atomic E-state index is 0.0572. The van der Waals surface area contributed by atoms with Gasteiger partial charge in [-0.25, -0.2) is 4.98 Å². The predicted octanol–water partition coefficient (Wildman–Crippen LogP) is 2.98. The minimum atomic E-state index is -0.0572. The van der Waals surface area contributed by atoms with Crippen LogP contribution in [-0.4, -0.2) is 17.4 Å². The average Bonchev–Trinajstić information content (AvgIpc) is 2.91. The van der Waals surface area contributed by atoms with E-state index in [0.29, 0.717) is 17.3 Å². The van der Waals surface area contributed by atoms with E-state index in [4.69, 9.17) is 5.73 Å². The van der Waals surface area contributed by atoms with Gasteiger partial charge >= 0.3 is 0 Å². The van der Waals surface area contributed by atoms with Crippen molar-refractivity contribution in [2.45, 2.75) is 26.2 Å². The van der Waals surface area contributed by atoms with Gasteiger partial charge in [0, 0.05) is 18.1 Å². The lowest BCUT2D eigenvalue weighted by Gasteiger charge is -2.12. The van der Waals surface area contributed by atoms with Gasteiger partial charge in [0.2, 0.25) is 0 Å². The van der Waals surface area contributed by atoms with E-state index in [1.807, 2.05) is 24.3 Å². The molecule has 1 saturated carbocycles. The Bertz CT molecular complexity index is 668. The summed E-state index contributed by atoms with van der Waals surface area (Å²) in [5.74, 6) is 1.80. The summed E-state index contributed by atoms with van der Waals surface area (Å²) in [6.07, 6.45) is 5.26. The highest BCUT2D eigenvalue weighted by atomic mass is 16.1. The monoisotopic (exact) mass is 283 g/mol. The van der Waals surface area contributed by atoms with Crippen LogP contribution in [0.2, 0.25) is 0 Å². The number of benzene rings is 1. The molecular weight excluding hydrogens is 262 g/mol. The zero-order chi connectivity index (χ0) is 14.8. The molecule has 4 heteroatoms. The Balaban J connectivity index is 1.77. The molecule has 1 aromatic heterocycles. The maximum Gasteiger partial charge on any atom is 0.253 e. The van der Waals surface area contributed by atoms with Gasteiger partial charge in [-0.2, -0.15) is 0 Å². The van der Waals surface area contributed by atoms with Crippen molar-refractivity contribution in [3.8, 4) is 0 Å². The predicted molar refractivity (Wildman–Crippen MR) is 85.0 cm³/mol. The van der Waals surface area contributed by atoms with E-state index in [0.717, 1.165) is 23.2 Å². The van der Waals surface area contributed by atoms with Gasteiger partial charge in [-0.3, -0.25) is 4.79 Å². The van der Waals surface area contributed by atoms with Crippen molar-refractivity contribution < 1.29 is 4.79 Å². The second-order valence-corrected chi connectivity index (χ2v) is 6.10. The van der Waals surface area contributed by atoms with E-state index in [1.165, 1.54) is 19.3 Å². The normalized spacial score (nSPS) is 21.6. The molecule has 1 aliphatic rings. The molecule has 0 saturated heterocycles. The zero-order valence-corrected chi connectivity index (χ0v) is 12.3. The summed E-state index contributed by atoms with van der Waals surface area (Å²) in [7, 11) is 0. The number of aromatic nitrogens is 1. The Hall–Kier alpha value is -2.10. The number of nitrogens with zero attached hydrogens (tertiary/aromatic N) is 1. The second-order valence-electron chi connectivity index (χ2n) is 6.10. The Morgan fingerprint density at radius 2 is 2.10 bits per heavy atom. The van der Waals surface area contributed by atoms with Crippen LogP contribution in [-0.2, 0) is 0 Å². The van der Waals surface area contributed by atoms with Crippen molar-refractivity contribution in [1.29, 1.82) is 0 Å². The number of hydrogen-bond acceptors (Lipinski definition) is 3. The van der Waals surface area contributed by atoms with Crippen molar-refractivity contribution in [2.24, 2.45) is 11.8 Å². The fraction of sp³-hybridized carbons (Fsp3) is 0.412. The third-order valence-corrected chi connectivity index (χ3v) is 4.43. The smallest absolute Gasteiger partial charge is 0.253 e. The summed E-state index contributed by atoms with van der Waals surface area (Å²) in [5, 5.41) is 4.75. The standard InChI is InChI=1S/C17H21N3O/c1-11-6-7-12(8-11)9-20-17(21)15-10-19-16(18)14-5-3-2-4-13(14)15/h2-5,10-12H,6-9H2,1H3,(H2,18,19)(H,20,21). The Morgan fingerprint density at radius 1 is 1.33 bits per heavy atom. The van der Waals surface area contributed by atoms with Crippen molar-refractivity contribution >= 4 is 22.5 Å². The van der Waals surface area contributed by atoms with Crippen molar-refractivity contribution in [3.05, 3.63) is 36.0 Å². The molecule has 0 radical (unpaired) electrons. The van der Waals surface area contributed by atoms with E-state index in [9.17, 15) is 4.79 Å². The lowest BCUT2D eigenvalue weighted by atomic mass is 10.0. The Kier molecular flexibility index (Phi) is 3.78. The third kappa shape index (κ3) is 2.84. The molecule has 1 aliphatic carbocycles. The first-order chi connectivity index (χ1) is 10.1. The number of carbonyl (C=O) groups is 1. The van der Waals surface area contributed by atoms with Crippen LogP contribution < -0.4 is 11.1 Å². The first kappa shape index (κ1) is 13.9. The average molecular weight is 283 g/mol. The number of pyridine rings is 1. The number of fused-ring (bicyclic) bond motifs is 1. The van der Waals surface area contributed by atoms with Crippen molar-refractivity contribution in [2.75, 3.05) is 12.3 Å². The van der Waals surface area contributed by atoms with Crippen molar-refractivity contribution in [3.63, 3.8) is 0 Å². The molecule has 1 heterocycles. The van der Waals surface area contributed by atoms with Gasteiger partial charge < -0.3 is 11.1 Å². The number of carbonyl (C=O) groups excluding carboxylic acids is 1. The van der Waals surface area contributed by atoms with Crippen LogP contribution in [0.15, 0.2) is 30.5 Å². The number of amides is 1. The highest BCUT2D eigenvalue weighted by Crippen LogP contribution is 2.29. The minimum Gasteiger partial charge on any atom is -0.383 e. The molecule has 1 aromatic carbocycles. The molecule has 1 fully saturated rings. The van der Waals surface area contributed by atoms with Gasteiger partial charge in [0.05, 0.1) is 5.56 Å². The van der Waals surface area contributed by atoms with E-state index in [2.05, 4.69) is 17.2 Å². The molecule has 0 aliphatic heterocycles. The lowest BCUT2D eigenvalue weighted by molar-refractivity contribution is 0.0948. The van der Waals surface area contributed by atoms with E-state index in [-0.39, 0.29) is 5.91 Å². The summed E-state index contributed by atoms with van der Waals surface area (Å²) in [5.41, 5.74) is 6.47. The molecular formula is C17H21N3O. The van der Waals surface area contributed by atoms with Crippen LogP contribution in [0, 0.1) is 11.8 Å². The van der Waals surface area contributed by atoms with Gasteiger partial charge in [0.1, 0.15) is 5.82 Å². The molecule has 0 spiro atoms. The van der Waals surface area contributed by atoms with Gasteiger partial charge in [0.15, 0.2) is 0 Å². The van der Waals surface area contributed by atoms with Gasteiger partial charge in [-0.15, -0.1) is 0 Å². The molecule has 0 bridgehead atoms. The number of nitrogens with one attached hydrogen (secondary N) is 1. The highest BCUT2D eigenvalue weighted by molar-refractivity contribution is 6.08. The first-order valence-corrected chi connectivity index (χ1v) is 7.56. The number of hydrogen-bond donors (Lipinski definition) is 2. The maximum absolute atomic E-state index is 12.4. The van der Waals surface area contributed by atoms with Crippen molar-refractivity contribution in [1.82, 2.24) is 10.3 Å². The number of anilines is 1. The lowest BCUT2D eigenvalue weighted by Crippen LogP contribution is -2.28. The first-order valence-electron chi connectivity index (χ1n) is 7.56. The third-order valence-electron chi connectivity index (χ3n) is 4.43. The molecule has 4 nitrogen and oxygen atoms in total. The van der Waals surface area contributed by atoms with Crippen LogP contribution in [0.3, 0.4) is 0 Å². The Morgan fingerprint density at radius 3 is 2.81 bits per heavy atom. The summed E-state index contributed by atoms with van der Waals surface area (Å²) in [6.45, 7) is 3.03. The SMILES string of the molecule is CC1CCC(CNC(=O)c2cnc(N)c3ccccc23)C1. The topological polar surface area (TPSA) is 68.0 Å². The molecule has 2 aromatic rings. The van der Waals surface area contributed by atoms with E-state index < -0.39 is 0 Å². The fourth-order valence-corrected chi connectivity index (χ4v) is 3.24. The van der Waals surface area contributed by atoms with Crippen LogP contribution in [0.5, 0.6) is 0 Å². The summed E-state index contributed by atoms with van der Waals surface area (Å²) >= 11 is 0. The molecule has 21 heavy (non-hydrogen) atoms. The molecule has 2 unspecified atom stereocenters. The van der Waals surface area contributed by atoms with E-state index >= 15 is 0 Å². The Labute approximate surface area is 124 Å². The van der Waals surface area contributed by atoms with Gasteiger partial charge in [0.25, 0.3) is 5.91 Å². The number of nitrogens with two attached hydrogens (primary N) is 1. The van der Waals surface area contributed by atoms with Crippen LogP contribution >= 0.6 is 0 Å². The molecule has 2 atom stereocenters. The second kappa shape index (κ2) is 5.72. The number of rotatable bonds is 3. The number of nitrogen functional groups attached to an aromatic ring is 1. The quantitative estimate of drug-likeness (QED) is 0.910. The maximum atomic E-state index is 12.4. The molecule has 1 amide bonds.